The maximum Gasteiger partial charge on any atom is 0.259 e. The first-order chi connectivity index (χ1) is 8.64. The van der Waals surface area contributed by atoms with Crippen molar-refractivity contribution >= 4 is 24.6 Å². The Balaban J connectivity index is 4.96. The van der Waals surface area contributed by atoms with Gasteiger partial charge in [-0.3, -0.25) is 4.79 Å². The summed E-state index contributed by atoms with van der Waals surface area (Å²) in [5.74, 6) is -0.0418. The van der Waals surface area contributed by atoms with Crippen LogP contribution in [0.4, 0.5) is 0 Å². The highest BCUT2D eigenvalue weighted by atomic mass is 35.5. The van der Waals surface area contributed by atoms with Crippen LogP contribution in [0, 0.1) is 0 Å². The Morgan fingerprint density at radius 1 is 0.944 bits per heavy atom. The highest BCUT2D eigenvalue weighted by Crippen LogP contribution is 2.52. The second-order valence-electron chi connectivity index (χ2n) is 4.95. The van der Waals surface area contributed by atoms with Gasteiger partial charge in [0.1, 0.15) is 5.88 Å². The van der Waals surface area contributed by atoms with Gasteiger partial charge < -0.3 is 0 Å². The first kappa shape index (κ1) is 18.2. The van der Waals surface area contributed by atoms with Crippen molar-refractivity contribution in [3.05, 3.63) is 0 Å². The van der Waals surface area contributed by atoms with Crippen molar-refractivity contribution in [3.63, 3.8) is 0 Å². The number of carbonyl (C=O) groups excluding carboxylic acids is 1. The first-order valence-corrected chi connectivity index (χ1v) is 10.2. The van der Waals surface area contributed by atoms with Crippen LogP contribution in [0.15, 0.2) is 4.74 Å². The second-order valence-corrected chi connectivity index (χ2v) is 8.95. The summed E-state index contributed by atoms with van der Waals surface area (Å²) in [4.78, 5) is 11.6. The van der Waals surface area contributed by atoms with Crippen LogP contribution in [0.2, 0.25) is 0 Å². The molecule has 0 atom stereocenters. The number of rotatable bonds is 10. The summed E-state index contributed by atoms with van der Waals surface area (Å²) < 4.78 is 4.58. The molecule has 108 valence electrons. The van der Waals surface area contributed by atoms with Crippen molar-refractivity contribution in [3.8, 4) is 0 Å². The average molecular weight is 294 g/mol. The molecule has 0 aliphatic heterocycles. The lowest BCUT2D eigenvalue weighted by Gasteiger charge is -2.24. The average Bonchev–Trinajstić information content (AvgIpc) is 2.40. The molecule has 1 amide bonds. The van der Waals surface area contributed by atoms with E-state index in [9.17, 15) is 4.79 Å². The molecule has 0 aromatic rings. The lowest BCUT2D eigenvalue weighted by Crippen LogP contribution is -2.05. The molecule has 0 heterocycles. The van der Waals surface area contributed by atoms with Crippen LogP contribution in [-0.4, -0.2) is 30.3 Å². The summed E-state index contributed by atoms with van der Waals surface area (Å²) in [5, 5.41) is 0. The number of hydrogen-bond donors (Lipinski definition) is 0. The number of unbranched alkanes of at least 4 members (excludes halogenated alkanes) is 3. The van der Waals surface area contributed by atoms with Gasteiger partial charge in [0.05, 0.1) is 0 Å². The van der Waals surface area contributed by atoms with E-state index in [0.29, 0.717) is 0 Å². The Hall–Kier alpha value is 0.190. The van der Waals surface area contributed by atoms with Crippen molar-refractivity contribution < 1.29 is 4.79 Å². The highest BCUT2D eigenvalue weighted by Gasteiger charge is 2.19. The quantitative estimate of drug-likeness (QED) is 0.394. The van der Waals surface area contributed by atoms with E-state index >= 15 is 0 Å². The zero-order valence-corrected chi connectivity index (χ0v) is 13.9. The van der Waals surface area contributed by atoms with Crippen LogP contribution < -0.4 is 0 Å². The third kappa shape index (κ3) is 7.59. The molecule has 0 aromatic heterocycles. The van der Waals surface area contributed by atoms with E-state index in [1.165, 1.54) is 38.5 Å². The molecular formula is C14H29ClNOP. The summed E-state index contributed by atoms with van der Waals surface area (Å²) in [6, 6.07) is 0. The van der Waals surface area contributed by atoms with Gasteiger partial charge in [0.15, 0.2) is 0 Å². The monoisotopic (exact) mass is 293 g/mol. The van der Waals surface area contributed by atoms with E-state index in [1.54, 1.807) is 0 Å². The largest absolute Gasteiger partial charge is 0.271 e. The molecule has 0 bridgehead atoms. The number of alkyl halides is 1. The molecule has 4 heteroatoms. The van der Waals surface area contributed by atoms with Gasteiger partial charge in [0, 0.05) is 0 Å². The van der Waals surface area contributed by atoms with E-state index in [4.69, 9.17) is 11.6 Å². The van der Waals surface area contributed by atoms with Crippen molar-refractivity contribution in [2.24, 2.45) is 4.74 Å². The van der Waals surface area contributed by atoms with Crippen molar-refractivity contribution in [1.82, 2.24) is 0 Å². The molecule has 0 radical (unpaired) electrons. The minimum atomic E-state index is -1.43. The van der Waals surface area contributed by atoms with Gasteiger partial charge in [-0.2, -0.15) is 0 Å². The lowest BCUT2D eigenvalue weighted by molar-refractivity contribution is -0.115. The van der Waals surface area contributed by atoms with Gasteiger partial charge in [-0.1, -0.05) is 40.0 Å². The van der Waals surface area contributed by atoms with E-state index in [0.717, 1.165) is 18.5 Å². The molecule has 0 spiro atoms. The van der Waals surface area contributed by atoms with Gasteiger partial charge >= 0.3 is 0 Å². The number of amides is 1. The standard InChI is InChI=1S/C14H29ClNOP/c1-4-7-10-18(11-8-5-2,12-9-6-3)16-14(17)13-15/h4-13H2,1-3H3. The summed E-state index contributed by atoms with van der Waals surface area (Å²) in [7, 11) is -1.43. The molecule has 0 saturated heterocycles. The molecule has 18 heavy (non-hydrogen) atoms. The number of hydrogen-bond acceptors (Lipinski definition) is 1. The fourth-order valence-electron chi connectivity index (χ4n) is 2.11. The third-order valence-corrected chi connectivity index (χ3v) is 7.54. The molecule has 2 nitrogen and oxygen atoms in total. The number of carbonyl (C=O) groups is 1. The second kappa shape index (κ2) is 11.1. The fraction of sp³-hybridized carbons (Fsp3) is 0.929. The van der Waals surface area contributed by atoms with Crippen LogP contribution in [0.3, 0.4) is 0 Å². The van der Waals surface area contributed by atoms with E-state index in [1.807, 2.05) is 0 Å². The van der Waals surface area contributed by atoms with Crippen LogP contribution >= 0.6 is 18.7 Å². The Kier molecular flexibility index (Phi) is 11.2. The minimum Gasteiger partial charge on any atom is -0.271 e. The number of nitrogens with zero attached hydrogens (tertiary/aromatic N) is 1. The summed E-state index contributed by atoms with van der Waals surface area (Å²) in [6.45, 7) is 6.62. The smallest absolute Gasteiger partial charge is 0.259 e. The summed E-state index contributed by atoms with van der Waals surface area (Å²) >= 11 is 5.63. The summed E-state index contributed by atoms with van der Waals surface area (Å²) in [5.41, 5.74) is 0. The predicted octanol–water partition coefficient (Wildman–Crippen LogP) is 5.35. The highest BCUT2D eigenvalue weighted by molar-refractivity contribution is 7.66. The van der Waals surface area contributed by atoms with E-state index in [-0.39, 0.29) is 11.8 Å². The van der Waals surface area contributed by atoms with Crippen LogP contribution in [-0.2, 0) is 4.79 Å². The zero-order chi connectivity index (χ0) is 13.9. The predicted molar refractivity (Wildman–Crippen MR) is 84.4 cm³/mol. The number of halogens is 1. The minimum absolute atomic E-state index is 0.0477. The fourth-order valence-corrected chi connectivity index (χ4v) is 6.48. The van der Waals surface area contributed by atoms with Gasteiger partial charge in [-0.15, -0.1) is 11.6 Å². The normalized spacial score (nSPS) is 11.6. The molecule has 0 saturated carbocycles. The van der Waals surface area contributed by atoms with Crippen molar-refractivity contribution in [2.45, 2.75) is 59.3 Å². The van der Waals surface area contributed by atoms with Crippen molar-refractivity contribution in [1.29, 1.82) is 0 Å². The van der Waals surface area contributed by atoms with Gasteiger partial charge in [-0.05, 0) is 44.8 Å². The molecule has 0 aliphatic rings. The Morgan fingerprint density at radius 2 is 1.33 bits per heavy atom. The van der Waals surface area contributed by atoms with Crippen LogP contribution in [0.25, 0.3) is 0 Å². The molecule has 0 aliphatic carbocycles. The molecular weight excluding hydrogens is 265 g/mol. The van der Waals surface area contributed by atoms with Crippen LogP contribution in [0.5, 0.6) is 0 Å². The SMILES string of the molecule is CCCCP(CCCC)(CCCC)=NC(=O)CCl. The first-order valence-electron chi connectivity index (χ1n) is 7.32. The topological polar surface area (TPSA) is 29.4 Å². The molecule has 0 fully saturated rings. The molecule has 0 N–H and O–H groups in total. The van der Waals surface area contributed by atoms with E-state index < -0.39 is 7.05 Å². The molecule has 0 unspecified atom stereocenters. The Bertz CT molecular complexity index is 250. The molecule has 0 aromatic carbocycles. The van der Waals surface area contributed by atoms with Gasteiger partial charge in [0.2, 0.25) is 0 Å². The van der Waals surface area contributed by atoms with Crippen LogP contribution in [0.1, 0.15) is 59.3 Å². The summed E-state index contributed by atoms with van der Waals surface area (Å²) in [6.07, 6.45) is 10.6. The Labute approximate surface area is 118 Å². The lowest BCUT2D eigenvalue weighted by atomic mass is 10.4. The third-order valence-electron chi connectivity index (χ3n) is 3.22. The maximum absolute atomic E-state index is 11.6. The van der Waals surface area contributed by atoms with Gasteiger partial charge in [-0.25, -0.2) is 4.74 Å². The maximum atomic E-state index is 11.6. The molecule has 0 rings (SSSR count). The zero-order valence-electron chi connectivity index (χ0n) is 12.3. The Morgan fingerprint density at radius 3 is 1.61 bits per heavy atom. The van der Waals surface area contributed by atoms with Gasteiger partial charge in [0.25, 0.3) is 5.91 Å². The van der Waals surface area contributed by atoms with Crippen molar-refractivity contribution in [2.75, 3.05) is 24.4 Å². The van der Waals surface area contributed by atoms with E-state index in [2.05, 4.69) is 25.5 Å².